The minimum absolute atomic E-state index is 0.211. The van der Waals surface area contributed by atoms with Gasteiger partial charge in [0.1, 0.15) is 5.75 Å². The maximum absolute atomic E-state index is 13.7. The fraction of sp³-hybridized carbons (Fsp3) is 0.667. The first-order valence-electron chi connectivity index (χ1n) is 8.69. The van der Waals surface area contributed by atoms with Crippen LogP contribution < -0.4 is 3.79 Å². The number of hydrogen-bond acceptors (Lipinski definition) is 1. The second-order valence-corrected chi connectivity index (χ2v) is 8.50. The number of halogens is 1. The Balaban J connectivity index is 2.44. The van der Waals surface area contributed by atoms with Gasteiger partial charge in [0.2, 0.25) is 0 Å². The lowest BCUT2D eigenvalue weighted by molar-refractivity contribution is 0.493. The first-order valence-corrected chi connectivity index (χ1v) is 10.8. The van der Waals surface area contributed by atoms with Crippen LogP contribution in [0.1, 0.15) is 65.2 Å². The highest BCUT2D eigenvalue weighted by Crippen LogP contribution is 2.21. The molecule has 3 heteroatoms. The number of unbranched alkanes of at least 4 members (excludes halogenated alkanes) is 6. The summed E-state index contributed by atoms with van der Waals surface area (Å²) in [6.45, 7) is 4.46. The Hall–Kier alpha value is -0.518. The molecule has 0 bridgehead atoms. The third-order valence-corrected chi connectivity index (χ3v) is 6.58. The smallest absolute Gasteiger partial charge is 0.546 e. The van der Waals surface area contributed by atoms with E-state index in [-0.39, 0.29) is 5.82 Å². The summed E-state index contributed by atoms with van der Waals surface area (Å²) < 4.78 is 19.8. The second-order valence-electron chi connectivity index (χ2n) is 5.87. The molecule has 0 N–H and O–H groups in total. The largest absolute Gasteiger partial charge is 0.641 e. The molecule has 0 aliphatic rings. The normalized spacial score (nSPS) is 10.6. The van der Waals surface area contributed by atoms with Crippen LogP contribution in [0.4, 0.5) is 4.39 Å². The highest BCUT2D eigenvalue weighted by Gasteiger charge is 2.23. The molecule has 21 heavy (non-hydrogen) atoms. The van der Waals surface area contributed by atoms with E-state index in [0.717, 1.165) is 0 Å². The van der Waals surface area contributed by atoms with Gasteiger partial charge >= 0.3 is 14.5 Å². The molecule has 1 rings (SSSR count). The predicted molar refractivity (Wildman–Crippen MR) is 90.7 cm³/mol. The molecule has 1 aromatic rings. The van der Waals surface area contributed by atoms with Crippen molar-refractivity contribution in [2.75, 3.05) is 0 Å². The van der Waals surface area contributed by atoms with Crippen LogP contribution in [0, 0.1) is 5.82 Å². The summed E-state index contributed by atoms with van der Waals surface area (Å²) in [6.07, 6.45) is 10.2. The lowest BCUT2D eigenvalue weighted by Crippen LogP contribution is -2.22. The van der Waals surface area contributed by atoms with E-state index in [1.54, 1.807) is 12.1 Å². The molecular weight excluding hydrogens is 278 g/mol. The summed E-state index contributed by atoms with van der Waals surface area (Å²) >= 11 is -1.31. The minimum atomic E-state index is -1.31. The van der Waals surface area contributed by atoms with Crippen molar-refractivity contribution in [3.8, 4) is 5.75 Å². The van der Waals surface area contributed by atoms with E-state index >= 15 is 0 Å². The molecule has 0 aliphatic carbocycles. The molecule has 0 heterocycles. The van der Waals surface area contributed by atoms with E-state index in [1.165, 1.54) is 68.0 Å². The van der Waals surface area contributed by atoms with E-state index < -0.39 is 14.5 Å². The van der Waals surface area contributed by atoms with Crippen LogP contribution >= 0.6 is 0 Å². The van der Waals surface area contributed by atoms with Crippen molar-refractivity contribution < 1.29 is 8.18 Å². The van der Waals surface area contributed by atoms with E-state index in [1.807, 2.05) is 6.07 Å². The Morgan fingerprint density at radius 1 is 0.857 bits per heavy atom. The Morgan fingerprint density at radius 2 is 1.43 bits per heavy atom. The van der Waals surface area contributed by atoms with Crippen LogP contribution in [0.25, 0.3) is 0 Å². The molecule has 0 aromatic heterocycles. The van der Waals surface area contributed by atoms with Crippen LogP contribution in [-0.4, -0.2) is 14.5 Å². The van der Waals surface area contributed by atoms with Crippen molar-refractivity contribution in [3.63, 3.8) is 0 Å². The monoisotopic (exact) mass is 308 g/mol. The molecule has 0 fully saturated rings. The van der Waals surface area contributed by atoms with E-state index in [4.69, 9.17) is 3.79 Å². The Bertz CT molecular complexity index is 358. The van der Waals surface area contributed by atoms with E-state index in [0.29, 0.717) is 5.75 Å². The fourth-order valence-corrected chi connectivity index (χ4v) is 5.14. The van der Waals surface area contributed by atoms with E-state index in [9.17, 15) is 4.39 Å². The molecule has 0 unspecified atom stereocenters. The summed E-state index contributed by atoms with van der Waals surface area (Å²) in [7, 11) is 0. The topological polar surface area (TPSA) is 9.23 Å². The third-order valence-electron chi connectivity index (χ3n) is 3.89. The predicted octanol–water partition coefficient (Wildman–Crippen LogP) is 6.36. The van der Waals surface area contributed by atoms with Crippen LogP contribution in [0.3, 0.4) is 0 Å². The Morgan fingerprint density at radius 3 is 1.95 bits per heavy atom. The SMILES string of the molecule is CCCCC[CH2][Al]([CH2]CCCCC)[O]c1ccccc1F. The molecule has 0 saturated carbocycles. The number of benzene rings is 1. The fourth-order valence-electron chi connectivity index (χ4n) is 2.58. The summed E-state index contributed by atoms with van der Waals surface area (Å²) in [4.78, 5) is 0. The lowest BCUT2D eigenvalue weighted by atomic mass is 10.2. The van der Waals surface area contributed by atoms with Crippen LogP contribution in [-0.2, 0) is 0 Å². The molecule has 0 radical (unpaired) electrons. The summed E-state index contributed by atoms with van der Waals surface area (Å²) in [5, 5.41) is 2.36. The maximum Gasteiger partial charge on any atom is 0.546 e. The van der Waals surface area contributed by atoms with Gasteiger partial charge < -0.3 is 3.79 Å². The molecule has 1 aromatic carbocycles. The van der Waals surface area contributed by atoms with Crippen LogP contribution in [0.5, 0.6) is 5.75 Å². The van der Waals surface area contributed by atoms with Crippen molar-refractivity contribution in [1.29, 1.82) is 0 Å². The minimum Gasteiger partial charge on any atom is -0.641 e. The van der Waals surface area contributed by atoms with Gasteiger partial charge in [0.05, 0.1) is 0 Å². The summed E-state index contributed by atoms with van der Waals surface area (Å²) in [5.41, 5.74) is 0. The molecule has 1 nitrogen and oxygen atoms in total. The third kappa shape index (κ3) is 8.49. The van der Waals surface area contributed by atoms with Gasteiger partial charge in [0.25, 0.3) is 0 Å². The molecule has 0 saturated heterocycles. The van der Waals surface area contributed by atoms with Crippen molar-refractivity contribution in [2.45, 2.75) is 75.8 Å². The zero-order chi connectivity index (χ0) is 15.3. The second kappa shape index (κ2) is 12.1. The van der Waals surface area contributed by atoms with Gasteiger partial charge in [-0.3, -0.25) is 0 Å². The quantitative estimate of drug-likeness (QED) is 0.322. The molecule has 0 atom stereocenters. The number of hydrogen-bond donors (Lipinski definition) is 0. The molecular formula is C18H30AlFO. The van der Waals surface area contributed by atoms with Crippen molar-refractivity contribution >= 4 is 14.5 Å². The lowest BCUT2D eigenvalue weighted by Gasteiger charge is -2.16. The first kappa shape index (κ1) is 18.5. The van der Waals surface area contributed by atoms with Gasteiger partial charge in [-0.15, -0.1) is 0 Å². The van der Waals surface area contributed by atoms with Gasteiger partial charge in [0.15, 0.2) is 5.82 Å². The van der Waals surface area contributed by atoms with Gasteiger partial charge in [-0.25, -0.2) is 4.39 Å². The standard InChI is InChI=1S/C6H5FO.2C6H13.Al/c7-5-3-1-2-4-6(5)8;2*1-3-5-6-4-2;/h1-4,8H;2*1,3-6H2,2H3;/q;;;+1/p-1. The average molecular weight is 308 g/mol. The summed E-state index contributed by atoms with van der Waals surface area (Å²) in [6, 6.07) is 6.85. The molecule has 0 aliphatic heterocycles. The van der Waals surface area contributed by atoms with Crippen LogP contribution in [0.15, 0.2) is 24.3 Å². The molecule has 0 amide bonds. The average Bonchev–Trinajstić information content (AvgIpc) is 2.50. The van der Waals surface area contributed by atoms with Crippen molar-refractivity contribution in [2.24, 2.45) is 0 Å². The van der Waals surface area contributed by atoms with Crippen molar-refractivity contribution in [1.82, 2.24) is 0 Å². The van der Waals surface area contributed by atoms with Gasteiger partial charge in [-0.2, -0.15) is 0 Å². The molecule has 118 valence electrons. The van der Waals surface area contributed by atoms with E-state index in [2.05, 4.69) is 13.8 Å². The highest BCUT2D eigenvalue weighted by atomic mass is 27.2. The summed E-state index contributed by atoms with van der Waals surface area (Å²) in [5.74, 6) is 0.261. The van der Waals surface area contributed by atoms with Gasteiger partial charge in [0, 0.05) is 0 Å². The highest BCUT2D eigenvalue weighted by molar-refractivity contribution is 6.52. The first-order chi connectivity index (χ1) is 10.3. The Kier molecular flexibility index (Phi) is 10.7. The zero-order valence-corrected chi connectivity index (χ0v) is 14.9. The van der Waals surface area contributed by atoms with Crippen LogP contribution in [0.2, 0.25) is 10.6 Å². The maximum atomic E-state index is 13.7. The van der Waals surface area contributed by atoms with Crippen molar-refractivity contribution in [3.05, 3.63) is 30.1 Å². The molecule has 0 spiro atoms. The number of rotatable bonds is 12. The zero-order valence-electron chi connectivity index (χ0n) is 13.7. The Labute approximate surface area is 134 Å². The number of para-hydroxylation sites is 1. The van der Waals surface area contributed by atoms with Gasteiger partial charge in [-0.05, 0) is 12.1 Å². The van der Waals surface area contributed by atoms with Gasteiger partial charge in [-0.1, -0.05) is 87.9 Å².